The lowest BCUT2D eigenvalue weighted by Crippen LogP contribution is -2.18. The normalized spacial score (nSPS) is 21.9. The van der Waals surface area contributed by atoms with Crippen LogP contribution in [-0.2, 0) is 4.74 Å². The Balaban J connectivity index is 2.39. The summed E-state index contributed by atoms with van der Waals surface area (Å²) in [5.74, 6) is 2.07. The number of hydrogen-bond acceptors (Lipinski definition) is 2. The number of rotatable bonds is 3. The largest absolute Gasteiger partial charge is 0.481 e. The fourth-order valence-corrected chi connectivity index (χ4v) is 1.35. The fourth-order valence-electron chi connectivity index (χ4n) is 1.35. The molecule has 0 N–H and O–H groups in total. The van der Waals surface area contributed by atoms with Crippen molar-refractivity contribution in [1.29, 1.82) is 0 Å². The summed E-state index contributed by atoms with van der Waals surface area (Å²) in [4.78, 5) is 4.42. The Kier molecular flexibility index (Phi) is 4.18. The van der Waals surface area contributed by atoms with E-state index in [0.717, 1.165) is 31.0 Å². The average molecular weight is 195 g/mol. The minimum absolute atomic E-state index is 0.450. The molecule has 0 saturated carbocycles. The number of allylic oxidation sites excluding steroid dienone is 2. The van der Waals surface area contributed by atoms with E-state index >= 15 is 0 Å². The maximum Gasteiger partial charge on any atom is 0.191 e. The van der Waals surface area contributed by atoms with Crippen LogP contribution in [0.15, 0.2) is 16.8 Å². The van der Waals surface area contributed by atoms with E-state index in [2.05, 4.69) is 31.8 Å². The molecule has 80 valence electrons. The van der Waals surface area contributed by atoms with Crippen molar-refractivity contribution in [3.63, 3.8) is 0 Å². The molecule has 1 aliphatic rings. The van der Waals surface area contributed by atoms with Gasteiger partial charge < -0.3 is 4.74 Å². The number of hydrogen-bond donors (Lipinski definition) is 0. The minimum Gasteiger partial charge on any atom is -0.481 e. The Morgan fingerprint density at radius 2 is 2.29 bits per heavy atom. The van der Waals surface area contributed by atoms with Gasteiger partial charge in [-0.3, -0.25) is 0 Å². The monoisotopic (exact) mass is 195 g/mol. The predicted molar refractivity (Wildman–Crippen MR) is 60.4 cm³/mol. The molecule has 0 aromatic heterocycles. The lowest BCUT2D eigenvalue weighted by atomic mass is 10.0. The molecule has 0 unspecified atom stereocenters. The van der Waals surface area contributed by atoms with E-state index in [-0.39, 0.29) is 0 Å². The molecule has 14 heavy (non-hydrogen) atoms. The molecule has 1 rings (SSSR count). The first-order valence-corrected chi connectivity index (χ1v) is 5.47. The lowest BCUT2D eigenvalue weighted by molar-refractivity contribution is 0.258. The van der Waals surface area contributed by atoms with Gasteiger partial charge in [0.1, 0.15) is 0 Å². The Labute approximate surface area is 87.1 Å². The number of nitrogens with zero attached hydrogens (tertiary/aromatic N) is 1. The van der Waals surface area contributed by atoms with Gasteiger partial charge >= 0.3 is 0 Å². The quantitative estimate of drug-likeness (QED) is 0.676. The third-order valence-corrected chi connectivity index (χ3v) is 2.42. The molecule has 2 heteroatoms. The summed E-state index contributed by atoms with van der Waals surface area (Å²) in [6.45, 7) is 9.41. The third-order valence-electron chi connectivity index (χ3n) is 2.42. The van der Waals surface area contributed by atoms with Crippen LogP contribution >= 0.6 is 0 Å². The van der Waals surface area contributed by atoms with Gasteiger partial charge in [0, 0.05) is 11.6 Å². The van der Waals surface area contributed by atoms with Crippen LogP contribution in [-0.4, -0.2) is 12.5 Å². The number of ether oxygens (including phenoxy) is 1. The van der Waals surface area contributed by atoms with Crippen molar-refractivity contribution in [3.8, 4) is 0 Å². The summed E-state index contributed by atoms with van der Waals surface area (Å²) in [5.41, 5.74) is 1.09. The molecule has 1 aliphatic heterocycles. The minimum atomic E-state index is 0.450. The van der Waals surface area contributed by atoms with Gasteiger partial charge in [-0.2, -0.15) is 0 Å². The molecule has 0 aromatic rings. The van der Waals surface area contributed by atoms with Crippen molar-refractivity contribution in [2.75, 3.05) is 6.61 Å². The van der Waals surface area contributed by atoms with Crippen molar-refractivity contribution in [3.05, 3.63) is 11.8 Å². The van der Waals surface area contributed by atoms with Crippen molar-refractivity contribution < 1.29 is 4.74 Å². The summed E-state index contributed by atoms with van der Waals surface area (Å²) in [7, 11) is 0. The first kappa shape index (κ1) is 11.3. The highest BCUT2D eigenvalue weighted by Gasteiger charge is 2.15. The van der Waals surface area contributed by atoms with E-state index in [9.17, 15) is 0 Å². The van der Waals surface area contributed by atoms with Gasteiger partial charge in [-0.1, -0.05) is 26.8 Å². The van der Waals surface area contributed by atoms with Crippen LogP contribution < -0.4 is 0 Å². The molecule has 0 amide bonds. The smallest absolute Gasteiger partial charge is 0.191 e. The van der Waals surface area contributed by atoms with Crippen LogP contribution in [0.2, 0.25) is 0 Å². The van der Waals surface area contributed by atoms with Crippen LogP contribution in [0.25, 0.3) is 0 Å². The second-order valence-corrected chi connectivity index (χ2v) is 4.46. The second kappa shape index (κ2) is 5.18. The standard InChI is InChI=1S/C12H21NO/c1-9(2)7-8-14-12-10(3)5-6-11(4)13-12/h6,9-10H,5,7-8H2,1-4H3/t10-/m0/s1. The molecule has 0 bridgehead atoms. The highest BCUT2D eigenvalue weighted by Crippen LogP contribution is 2.17. The molecular formula is C12H21NO. The molecule has 0 radical (unpaired) electrons. The zero-order valence-electron chi connectivity index (χ0n) is 9.71. The summed E-state index contributed by atoms with van der Waals surface area (Å²) in [6, 6.07) is 0. The molecule has 0 aromatic carbocycles. The van der Waals surface area contributed by atoms with Crippen LogP contribution in [0.4, 0.5) is 0 Å². The predicted octanol–water partition coefficient (Wildman–Crippen LogP) is 3.39. The highest BCUT2D eigenvalue weighted by molar-refractivity contribution is 5.80. The molecule has 0 spiro atoms. The first-order chi connectivity index (χ1) is 6.59. The van der Waals surface area contributed by atoms with E-state index < -0.39 is 0 Å². The first-order valence-electron chi connectivity index (χ1n) is 5.47. The van der Waals surface area contributed by atoms with Crippen LogP contribution in [0.1, 0.15) is 40.5 Å². The van der Waals surface area contributed by atoms with Gasteiger partial charge in [-0.05, 0) is 25.7 Å². The zero-order valence-corrected chi connectivity index (χ0v) is 9.71. The van der Waals surface area contributed by atoms with Gasteiger partial charge in [0.05, 0.1) is 6.61 Å². The SMILES string of the molecule is CC1=CC[C@H](C)C(OCCC(C)C)=N1. The van der Waals surface area contributed by atoms with Crippen molar-refractivity contribution in [2.45, 2.75) is 40.5 Å². The van der Waals surface area contributed by atoms with Gasteiger partial charge in [0.15, 0.2) is 5.90 Å². The van der Waals surface area contributed by atoms with Gasteiger partial charge in [-0.15, -0.1) is 0 Å². The van der Waals surface area contributed by atoms with Gasteiger partial charge in [0.2, 0.25) is 0 Å². The van der Waals surface area contributed by atoms with E-state index in [1.165, 1.54) is 0 Å². The van der Waals surface area contributed by atoms with Crippen LogP contribution in [0, 0.1) is 11.8 Å². The van der Waals surface area contributed by atoms with E-state index in [1.807, 2.05) is 6.92 Å². The van der Waals surface area contributed by atoms with Crippen molar-refractivity contribution >= 4 is 5.90 Å². The fraction of sp³-hybridized carbons (Fsp3) is 0.750. The molecular weight excluding hydrogens is 174 g/mol. The van der Waals surface area contributed by atoms with Crippen LogP contribution in [0.3, 0.4) is 0 Å². The average Bonchev–Trinajstić information content (AvgIpc) is 2.10. The summed E-state index contributed by atoms with van der Waals surface area (Å²) in [6.07, 6.45) is 4.33. The van der Waals surface area contributed by atoms with E-state index in [4.69, 9.17) is 4.74 Å². The van der Waals surface area contributed by atoms with Gasteiger partial charge in [0.25, 0.3) is 0 Å². The second-order valence-electron chi connectivity index (χ2n) is 4.46. The maximum atomic E-state index is 5.69. The molecule has 1 heterocycles. The van der Waals surface area contributed by atoms with E-state index in [0.29, 0.717) is 11.8 Å². The molecule has 1 atom stereocenters. The highest BCUT2D eigenvalue weighted by atomic mass is 16.5. The Morgan fingerprint density at radius 3 is 2.93 bits per heavy atom. The molecule has 0 aliphatic carbocycles. The summed E-state index contributed by atoms with van der Waals surface area (Å²) in [5, 5.41) is 0. The Morgan fingerprint density at radius 1 is 1.57 bits per heavy atom. The summed E-state index contributed by atoms with van der Waals surface area (Å²) >= 11 is 0. The van der Waals surface area contributed by atoms with Crippen molar-refractivity contribution in [2.24, 2.45) is 16.8 Å². The van der Waals surface area contributed by atoms with Crippen LogP contribution in [0.5, 0.6) is 0 Å². The molecule has 2 nitrogen and oxygen atoms in total. The molecule has 0 saturated heterocycles. The Bertz CT molecular complexity index is 241. The number of aliphatic imine (C=N–C) groups is 1. The molecule has 0 fully saturated rings. The van der Waals surface area contributed by atoms with Gasteiger partial charge in [-0.25, -0.2) is 4.99 Å². The Hall–Kier alpha value is -0.790. The zero-order chi connectivity index (χ0) is 10.6. The van der Waals surface area contributed by atoms with Crippen molar-refractivity contribution in [1.82, 2.24) is 0 Å². The lowest BCUT2D eigenvalue weighted by Gasteiger charge is -2.18. The maximum absolute atomic E-state index is 5.69. The topological polar surface area (TPSA) is 21.6 Å². The van der Waals surface area contributed by atoms with E-state index in [1.54, 1.807) is 0 Å². The third kappa shape index (κ3) is 3.52. The summed E-state index contributed by atoms with van der Waals surface area (Å²) < 4.78 is 5.69.